The number of hydrogen-bond donors (Lipinski definition) is 2. The van der Waals surface area contributed by atoms with Gasteiger partial charge in [0.1, 0.15) is 5.82 Å². The van der Waals surface area contributed by atoms with Gasteiger partial charge in [-0.3, -0.25) is 5.10 Å². The summed E-state index contributed by atoms with van der Waals surface area (Å²) in [6, 6.07) is 1.92. The van der Waals surface area contributed by atoms with Crippen LogP contribution in [0.15, 0.2) is 12.3 Å². The van der Waals surface area contributed by atoms with Crippen LogP contribution in [0.25, 0.3) is 0 Å². The van der Waals surface area contributed by atoms with Crippen LogP contribution in [-0.4, -0.2) is 51.0 Å². The monoisotopic (exact) mass is 300 g/mol. The van der Waals surface area contributed by atoms with Crippen molar-refractivity contribution in [3.63, 3.8) is 0 Å². The SMILES string of the molecule is Cc1[nH]nc2c1CN(c1nccc(N3CCC(O)C3)n1)CC2. The number of nitrogens with zero attached hydrogens (tertiary/aromatic N) is 5. The first-order chi connectivity index (χ1) is 10.7. The Morgan fingerprint density at radius 3 is 3.05 bits per heavy atom. The maximum atomic E-state index is 9.69. The van der Waals surface area contributed by atoms with Crippen molar-refractivity contribution >= 4 is 11.8 Å². The van der Waals surface area contributed by atoms with Gasteiger partial charge in [0.2, 0.25) is 5.95 Å². The predicted molar refractivity (Wildman–Crippen MR) is 82.9 cm³/mol. The molecule has 1 saturated heterocycles. The number of anilines is 2. The number of aliphatic hydroxyl groups is 1. The van der Waals surface area contributed by atoms with E-state index in [0.29, 0.717) is 6.54 Å². The van der Waals surface area contributed by atoms with Crippen LogP contribution >= 0.6 is 0 Å². The second kappa shape index (κ2) is 5.24. The molecule has 7 nitrogen and oxygen atoms in total. The van der Waals surface area contributed by atoms with Gasteiger partial charge in [0.05, 0.1) is 11.8 Å². The fourth-order valence-electron chi connectivity index (χ4n) is 3.22. The van der Waals surface area contributed by atoms with Gasteiger partial charge in [-0.05, 0) is 19.4 Å². The van der Waals surface area contributed by atoms with Gasteiger partial charge in [-0.1, -0.05) is 0 Å². The van der Waals surface area contributed by atoms with Gasteiger partial charge in [0.25, 0.3) is 0 Å². The van der Waals surface area contributed by atoms with Crippen LogP contribution in [0.5, 0.6) is 0 Å². The summed E-state index contributed by atoms with van der Waals surface area (Å²) in [6.07, 6.45) is 3.28. The van der Waals surface area contributed by atoms with Crippen LogP contribution in [0.3, 0.4) is 0 Å². The zero-order valence-corrected chi connectivity index (χ0v) is 12.7. The number of β-amino-alcohol motifs (C(OH)–C–C–N with tert-alkyl or cyclic N) is 1. The van der Waals surface area contributed by atoms with Crippen LogP contribution in [0.4, 0.5) is 11.8 Å². The molecule has 2 aromatic heterocycles. The van der Waals surface area contributed by atoms with E-state index in [-0.39, 0.29) is 6.10 Å². The minimum Gasteiger partial charge on any atom is -0.391 e. The smallest absolute Gasteiger partial charge is 0.227 e. The Kier molecular flexibility index (Phi) is 3.22. The molecule has 2 aromatic rings. The predicted octanol–water partition coefficient (Wildman–Crippen LogP) is 0.642. The average Bonchev–Trinajstić information content (AvgIpc) is 3.14. The van der Waals surface area contributed by atoms with Crippen molar-refractivity contribution in [1.29, 1.82) is 0 Å². The highest BCUT2D eigenvalue weighted by atomic mass is 16.3. The molecule has 1 unspecified atom stereocenters. The molecule has 2 aliphatic rings. The number of aryl methyl sites for hydroxylation is 1. The molecule has 22 heavy (non-hydrogen) atoms. The van der Waals surface area contributed by atoms with Crippen LogP contribution in [0, 0.1) is 6.92 Å². The van der Waals surface area contributed by atoms with Gasteiger partial charge in [-0.2, -0.15) is 10.1 Å². The third kappa shape index (κ3) is 2.31. The lowest BCUT2D eigenvalue weighted by Gasteiger charge is -2.27. The number of nitrogens with one attached hydrogen (secondary N) is 1. The van der Waals surface area contributed by atoms with Crippen LogP contribution in [0.1, 0.15) is 23.4 Å². The molecule has 116 valence electrons. The van der Waals surface area contributed by atoms with Crippen molar-refractivity contribution in [3.05, 3.63) is 29.2 Å². The first kappa shape index (κ1) is 13.5. The molecule has 2 N–H and O–H groups in total. The number of rotatable bonds is 2. The largest absolute Gasteiger partial charge is 0.391 e. The van der Waals surface area contributed by atoms with E-state index in [1.165, 1.54) is 5.56 Å². The highest BCUT2D eigenvalue weighted by molar-refractivity contribution is 5.46. The second-order valence-electron chi connectivity index (χ2n) is 6.05. The fraction of sp³-hybridized carbons (Fsp3) is 0.533. The summed E-state index contributed by atoms with van der Waals surface area (Å²) < 4.78 is 0. The van der Waals surface area contributed by atoms with Crippen LogP contribution < -0.4 is 9.80 Å². The lowest BCUT2D eigenvalue weighted by atomic mass is 10.1. The quantitative estimate of drug-likeness (QED) is 0.847. The maximum absolute atomic E-state index is 9.69. The third-order valence-electron chi connectivity index (χ3n) is 4.53. The summed E-state index contributed by atoms with van der Waals surface area (Å²) >= 11 is 0. The molecule has 0 amide bonds. The molecular weight excluding hydrogens is 280 g/mol. The van der Waals surface area contributed by atoms with Crippen molar-refractivity contribution in [2.24, 2.45) is 0 Å². The Morgan fingerprint density at radius 2 is 2.23 bits per heavy atom. The Hall–Kier alpha value is -2.15. The number of H-pyrrole nitrogens is 1. The molecule has 1 fully saturated rings. The standard InChI is InChI=1S/C15H20N6O/c1-10-12-9-21(7-4-13(12)19-18-10)15-16-5-2-14(17-15)20-6-3-11(22)8-20/h2,5,11,22H,3-4,6-9H2,1H3,(H,18,19). The summed E-state index contributed by atoms with van der Waals surface area (Å²) in [6.45, 7) is 5.23. The zero-order chi connectivity index (χ0) is 15.1. The molecule has 0 saturated carbocycles. The summed E-state index contributed by atoms with van der Waals surface area (Å²) in [5, 5.41) is 17.1. The molecule has 7 heteroatoms. The Balaban J connectivity index is 1.57. The first-order valence-electron chi connectivity index (χ1n) is 7.74. The molecule has 0 spiro atoms. The molecule has 0 aromatic carbocycles. The van der Waals surface area contributed by atoms with Gasteiger partial charge in [-0.25, -0.2) is 4.98 Å². The summed E-state index contributed by atoms with van der Waals surface area (Å²) in [5.74, 6) is 1.65. The number of hydrogen-bond acceptors (Lipinski definition) is 6. The average molecular weight is 300 g/mol. The normalized spacial score (nSPS) is 21.3. The highest BCUT2D eigenvalue weighted by Gasteiger charge is 2.25. The maximum Gasteiger partial charge on any atom is 0.227 e. The Labute approximate surface area is 129 Å². The summed E-state index contributed by atoms with van der Waals surface area (Å²) in [5.41, 5.74) is 3.54. The third-order valence-corrected chi connectivity index (χ3v) is 4.53. The minimum absolute atomic E-state index is 0.246. The van der Waals surface area contributed by atoms with E-state index in [9.17, 15) is 5.11 Å². The zero-order valence-electron chi connectivity index (χ0n) is 12.7. The fourth-order valence-corrected chi connectivity index (χ4v) is 3.22. The van der Waals surface area contributed by atoms with Crippen molar-refractivity contribution in [3.8, 4) is 0 Å². The molecule has 4 heterocycles. The first-order valence-corrected chi connectivity index (χ1v) is 7.74. The van der Waals surface area contributed by atoms with E-state index in [1.54, 1.807) is 6.20 Å². The van der Waals surface area contributed by atoms with Crippen molar-refractivity contribution < 1.29 is 5.11 Å². The van der Waals surface area contributed by atoms with E-state index in [0.717, 1.165) is 55.6 Å². The highest BCUT2D eigenvalue weighted by Crippen LogP contribution is 2.25. The van der Waals surface area contributed by atoms with E-state index in [2.05, 4.69) is 31.9 Å². The summed E-state index contributed by atoms with van der Waals surface area (Å²) in [7, 11) is 0. The van der Waals surface area contributed by atoms with E-state index in [4.69, 9.17) is 4.98 Å². The van der Waals surface area contributed by atoms with E-state index >= 15 is 0 Å². The molecule has 1 atom stereocenters. The van der Waals surface area contributed by atoms with Crippen molar-refractivity contribution in [2.45, 2.75) is 32.4 Å². The number of aromatic amines is 1. The van der Waals surface area contributed by atoms with Gasteiger partial charge < -0.3 is 14.9 Å². The van der Waals surface area contributed by atoms with Crippen LogP contribution in [-0.2, 0) is 13.0 Å². The van der Waals surface area contributed by atoms with E-state index in [1.807, 2.05) is 6.07 Å². The number of aromatic nitrogens is 4. The molecule has 0 aliphatic carbocycles. The number of fused-ring (bicyclic) bond motifs is 1. The van der Waals surface area contributed by atoms with Gasteiger partial charge in [0.15, 0.2) is 0 Å². The molecule has 4 rings (SSSR count). The molecule has 2 aliphatic heterocycles. The van der Waals surface area contributed by atoms with Crippen molar-refractivity contribution in [2.75, 3.05) is 29.4 Å². The van der Waals surface area contributed by atoms with Crippen molar-refractivity contribution in [1.82, 2.24) is 20.2 Å². The van der Waals surface area contributed by atoms with E-state index < -0.39 is 0 Å². The molecular formula is C15H20N6O. The van der Waals surface area contributed by atoms with Gasteiger partial charge in [-0.15, -0.1) is 0 Å². The summed E-state index contributed by atoms with van der Waals surface area (Å²) in [4.78, 5) is 13.4. The minimum atomic E-state index is -0.246. The number of aliphatic hydroxyl groups excluding tert-OH is 1. The van der Waals surface area contributed by atoms with Gasteiger partial charge >= 0.3 is 0 Å². The second-order valence-corrected chi connectivity index (χ2v) is 6.05. The lowest BCUT2D eigenvalue weighted by Crippen LogP contribution is -2.32. The van der Waals surface area contributed by atoms with Crippen LogP contribution in [0.2, 0.25) is 0 Å². The topological polar surface area (TPSA) is 81.2 Å². The van der Waals surface area contributed by atoms with Gasteiger partial charge in [0, 0.05) is 50.1 Å². The Bertz CT molecular complexity index is 684. The Morgan fingerprint density at radius 1 is 1.32 bits per heavy atom. The lowest BCUT2D eigenvalue weighted by molar-refractivity contribution is 0.198. The molecule has 0 bridgehead atoms. The molecule has 0 radical (unpaired) electrons.